The molecule has 2 aromatic rings. The van der Waals surface area contributed by atoms with Gasteiger partial charge in [0.1, 0.15) is 16.5 Å². The zero-order valence-electron chi connectivity index (χ0n) is 11.6. The Morgan fingerprint density at radius 2 is 1.95 bits per heavy atom. The zero-order valence-corrected chi connectivity index (χ0v) is 12.4. The molecule has 21 heavy (non-hydrogen) atoms. The predicted octanol–water partition coefficient (Wildman–Crippen LogP) is 2.53. The van der Waals surface area contributed by atoms with E-state index >= 15 is 0 Å². The fourth-order valence-corrected chi connectivity index (χ4v) is 3.05. The minimum Gasteiger partial charge on any atom is -0.495 e. The number of nitrogens with one attached hydrogen (secondary N) is 1. The number of para-hydroxylation sites is 1. The minimum absolute atomic E-state index is 0.256. The minimum atomic E-state index is -4.01. The Hall–Kier alpha value is -2.28. The lowest BCUT2D eigenvalue weighted by Crippen LogP contribution is -2.16. The molecule has 0 saturated carbocycles. The lowest BCUT2D eigenvalue weighted by molar-refractivity contribution is 0.416. The number of rotatable bonds is 4. The fraction of sp³-hybridized carbons (Fsp3) is 0.143. The largest absolute Gasteiger partial charge is 0.495 e. The van der Waals surface area contributed by atoms with Crippen molar-refractivity contribution in [3.63, 3.8) is 0 Å². The van der Waals surface area contributed by atoms with Crippen LogP contribution in [0.1, 0.15) is 5.56 Å². The van der Waals surface area contributed by atoms with Crippen molar-refractivity contribution in [1.29, 1.82) is 0 Å². The van der Waals surface area contributed by atoms with E-state index in [2.05, 4.69) is 4.72 Å². The maximum atomic E-state index is 13.4. The number of anilines is 2. The van der Waals surface area contributed by atoms with Crippen molar-refractivity contribution in [3.8, 4) is 5.75 Å². The van der Waals surface area contributed by atoms with Crippen molar-refractivity contribution < 1.29 is 17.5 Å². The van der Waals surface area contributed by atoms with E-state index in [1.165, 1.54) is 19.2 Å². The molecule has 0 atom stereocenters. The first-order chi connectivity index (χ1) is 9.85. The number of methoxy groups -OCH3 is 1. The molecule has 2 aromatic carbocycles. The summed E-state index contributed by atoms with van der Waals surface area (Å²) >= 11 is 0. The number of nitrogens with two attached hydrogens (primary N) is 1. The molecule has 0 aliphatic rings. The number of nitrogen functional groups attached to an aromatic ring is 1. The van der Waals surface area contributed by atoms with Gasteiger partial charge in [0.2, 0.25) is 0 Å². The van der Waals surface area contributed by atoms with Gasteiger partial charge in [-0.3, -0.25) is 4.72 Å². The normalized spacial score (nSPS) is 11.2. The lowest BCUT2D eigenvalue weighted by Gasteiger charge is -2.13. The second-order valence-electron chi connectivity index (χ2n) is 4.46. The van der Waals surface area contributed by atoms with Gasteiger partial charge in [-0.2, -0.15) is 0 Å². The van der Waals surface area contributed by atoms with E-state index < -0.39 is 21.5 Å². The summed E-state index contributed by atoms with van der Waals surface area (Å²) in [6.45, 7) is 1.85. The fourth-order valence-electron chi connectivity index (χ4n) is 1.83. The monoisotopic (exact) mass is 310 g/mol. The molecule has 0 heterocycles. The van der Waals surface area contributed by atoms with E-state index in [0.717, 1.165) is 11.6 Å². The number of ether oxygens (including phenoxy) is 1. The van der Waals surface area contributed by atoms with E-state index in [9.17, 15) is 12.8 Å². The number of benzene rings is 2. The van der Waals surface area contributed by atoms with Crippen molar-refractivity contribution in [2.75, 3.05) is 17.6 Å². The standard InChI is InChI=1S/C14H15FN2O3S/c1-9-6-7-11(12(8-9)20-2)17-21(18,19)13-5-3-4-10(15)14(13)16/h3-8,17H,16H2,1-2H3. The van der Waals surface area contributed by atoms with Crippen LogP contribution in [0.3, 0.4) is 0 Å². The summed E-state index contributed by atoms with van der Waals surface area (Å²) in [6, 6.07) is 8.61. The Labute approximate surface area is 122 Å². The van der Waals surface area contributed by atoms with E-state index in [-0.39, 0.29) is 10.6 Å². The zero-order chi connectivity index (χ0) is 15.6. The van der Waals surface area contributed by atoms with Gasteiger partial charge in [-0.1, -0.05) is 12.1 Å². The second-order valence-corrected chi connectivity index (χ2v) is 6.11. The summed E-state index contributed by atoms with van der Waals surface area (Å²) in [6.07, 6.45) is 0. The van der Waals surface area contributed by atoms with Gasteiger partial charge in [0.25, 0.3) is 10.0 Å². The molecule has 0 spiro atoms. The highest BCUT2D eigenvalue weighted by Gasteiger charge is 2.21. The summed E-state index contributed by atoms with van der Waals surface area (Å²) in [5.74, 6) is -0.415. The van der Waals surface area contributed by atoms with Crippen molar-refractivity contribution in [2.24, 2.45) is 0 Å². The van der Waals surface area contributed by atoms with Crippen LogP contribution in [0.5, 0.6) is 5.75 Å². The highest BCUT2D eigenvalue weighted by atomic mass is 32.2. The molecule has 0 bridgehead atoms. The van der Waals surface area contributed by atoms with Crippen LogP contribution in [-0.4, -0.2) is 15.5 Å². The summed E-state index contributed by atoms with van der Waals surface area (Å²) in [7, 11) is -2.57. The molecule has 0 radical (unpaired) electrons. The Bertz CT molecular complexity index is 776. The second kappa shape index (κ2) is 5.61. The summed E-state index contributed by atoms with van der Waals surface area (Å²) in [4.78, 5) is -0.315. The molecule has 5 nitrogen and oxygen atoms in total. The van der Waals surface area contributed by atoms with Crippen LogP contribution in [-0.2, 0) is 10.0 Å². The molecule has 7 heteroatoms. The Morgan fingerprint density at radius 3 is 2.62 bits per heavy atom. The number of hydrogen-bond acceptors (Lipinski definition) is 4. The molecule has 2 rings (SSSR count). The highest BCUT2D eigenvalue weighted by Crippen LogP contribution is 2.29. The molecular formula is C14H15FN2O3S. The Balaban J connectivity index is 2.45. The maximum absolute atomic E-state index is 13.4. The summed E-state index contributed by atoms with van der Waals surface area (Å²) in [5.41, 5.74) is 6.24. The van der Waals surface area contributed by atoms with Crippen LogP contribution in [0.2, 0.25) is 0 Å². The highest BCUT2D eigenvalue weighted by molar-refractivity contribution is 7.92. The molecule has 0 fully saturated rings. The molecule has 112 valence electrons. The van der Waals surface area contributed by atoms with Crippen LogP contribution < -0.4 is 15.2 Å². The first-order valence-corrected chi connectivity index (χ1v) is 7.55. The third-order valence-electron chi connectivity index (χ3n) is 2.90. The maximum Gasteiger partial charge on any atom is 0.264 e. The van der Waals surface area contributed by atoms with Gasteiger partial charge in [0.15, 0.2) is 0 Å². The van der Waals surface area contributed by atoms with Crippen molar-refractivity contribution in [1.82, 2.24) is 0 Å². The molecule has 0 unspecified atom stereocenters. The third kappa shape index (κ3) is 3.08. The van der Waals surface area contributed by atoms with Crippen LogP contribution in [0.4, 0.5) is 15.8 Å². The van der Waals surface area contributed by atoms with Gasteiger partial charge in [0.05, 0.1) is 18.5 Å². The number of hydrogen-bond donors (Lipinski definition) is 2. The van der Waals surface area contributed by atoms with E-state index in [4.69, 9.17) is 10.5 Å². The molecular weight excluding hydrogens is 295 g/mol. The SMILES string of the molecule is COc1cc(C)ccc1NS(=O)(=O)c1cccc(F)c1N. The van der Waals surface area contributed by atoms with Crippen LogP contribution in [0.15, 0.2) is 41.3 Å². The number of sulfonamides is 1. The van der Waals surface area contributed by atoms with Gasteiger partial charge in [-0.25, -0.2) is 12.8 Å². The molecule has 0 amide bonds. The van der Waals surface area contributed by atoms with Gasteiger partial charge >= 0.3 is 0 Å². The van der Waals surface area contributed by atoms with Crippen molar-refractivity contribution >= 4 is 21.4 Å². The molecule has 3 N–H and O–H groups in total. The molecule has 0 aromatic heterocycles. The average Bonchev–Trinajstić information content (AvgIpc) is 2.43. The average molecular weight is 310 g/mol. The van der Waals surface area contributed by atoms with Gasteiger partial charge < -0.3 is 10.5 Å². The van der Waals surface area contributed by atoms with Gasteiger partial charge in [-0.15, -0.1) is 0 Å². The first kappa shape index (κ1) is 15.1. The third-order valence-corrected chi connectivity index (χ3v) is 4.33. The van der Waals surface area contributed by atoms with E-state index in [0.29, 0.717) is 5.75 Å². The van der Waals surface area contributed by atoms with Crippen molar-refractivity contribution in [3.05, 3.63) is 47.8 Å². The van der Waals surface area contributed by atoms with Gasteiger partial charge in [-0.05, 0) is 36.8 Å². The predicted molar refractivity (Wildman–Crippen MR) is 79.4 cm³/mol. The quantitative estimate of drug-likeness (QED) is 0.850. The van der Waals surface area contributed by atoms with Crippen LogP contribution in [0.25, 0.3) is 0 Å². The number of aryl methyl sites for hydroxylation is 1. The molecule has 0 aliphatic carbocycles. The summed E-state index contributed by atoms with van der Waals surface area (Å²) < 4.78 is 45.5. The smallest absolute Gasteiger partial charge is 0.264 e. The Morgan fingerprint density at radius 1 is 1.24 bits per heavy atom. The Kier molecular flexibility index (Phi) is 4.04. The first-order valence-electron chi connectivity index (χ1n) is 6.06. The van der Waals surface area contributed by atoms with Crippen LogP contribution >= 0.6 is 0 Å². The lowest BCUT2D eigenvalue weighted by atomic mass is 10.2. The van der Waals surface area contributed by atoms with E-state index in [1.54, 1.807) is 18.2 Å². The van der Waals surface area contributed by atoms with E-state index in [1.807, 2.05) is 6.92 Å². The van der Waals surface area contributed by atoms with Gasteiger partial charge in [0, 0.05) is 0 Å². The van der Waals surface area contributed by atoms with Crippen molar-refractivity contribution in [2.45, 2.75) is 11.8 Å². The van der Waals surface area contributed by atoms with Crippen LogP contribution in [0, 0.1) is 12.7 Å². The summed E-state index contributed by atoms with van der Waals surface area (Å²) in [5, 5.41) is 0. The molecule has 0 aliphatic heterocycles. The molecule has 0 saturated heterocycles. The number of halogens is 1. The topological polar surface area (TPSA) is 81.4 Å².